The van der Waals surface area contributed by atoms with Gasteiger partial charge < -0.3 is 5.73 Å². The van der Waals surface area contributed by atoms with Gasteiger partial charge in [0.1, 0.15) is 5.78 Å². The van der Waals surface area contributed by atoms with E-state index in [-0.39, 0.29) is 5.78 Å². The zero-order valence-corrected chi connectivity index (χ0v) is 9.69. The van der Waals surface area contributed by atoms with Crippen LogP contribution in [-0.2, 0) is 11.2 Å². The first-order valence-corrected chi connectivity index (χ1v) is 5.94. The topological polar surface area (TPSA) is 56.0 Å². The van der Waals surface area contributed by atoms with Crippen molar-refractivity contribution in [3.8, 4) is 0 Å². The van der Waals surface area contributed by atoms with Crippen molar-refractivity contribution in [3.05, 3.63) is 30.1 Å². The average molecular weight is 220 g/mol. The van der Waals surface area contributed by atoms with Crippen LogP contribution in [0.5, 0.6) is 0 Å². The number of ketones is 1. The van der Waals surface area contributed by atoms with Crippen LogP contribution in [0, 0.1) is 0 Å². The lowest BCUT2D eigenvalue weighted by molar-refractivity contribution is -0.118. The molecule has 88 valence electrons. The molecule has 0 bridgehead atoms. The van der Waals surface area contributed by atoms with Crippen molar-refractivity contribution in [2.75, 3.05) is 6.54 Å². The Bertz CT molecular complexity index is 298. The first-order chi connectivity index (χ1) is 7.83. The van der Waals surface area contributed by atoms with E-state index in [9.17, 15) is 4.79 Å². The molecule has 0 aromatic carbocycles. The molecule has 1 rings (SSSR count). The molecule has 1 aromatic heterocycles. The fourth-order valence-electron chi connectivity index (χ4n) is 1.61. The normalized spacial score (nSPS) is 10.3. The number of pyridine rings is 1. The summed E-state index contributed by atoms with van der Waals surface area (Å²) in [6.45, 7) is 0.752. The van der Waals surface area contributed by atoms with Crippen molar-refractivity contribution in [1.82, 2.24) is 4.98 Å². The quantitative estimate of drug-likeness (QED) is 0.683. The van der Waals surface area contributed by atoms with Crippen molar-refractivity contribution < 1.29 is 4.79 Å². The maximum Gasteiger partial charge on any atom is 0.138 e. The van der Waals surface area contributed by atoms with Gasteiger partial charge in [0, 0.05) is 24.7 Å². The number of unbranched alkanes of at least 4 members (excludes halogenated alkanes) is 3. The van der Waals surface area contributed by atoms with Crippen LogP contribution >= 0.6 is 0 Å². The summed E-state index contributed by atoms with van der Waals surface area (Å²) >= 11 is 0. The number of nitrogens with zero attached hydrogens (tertiary/aromatic N) is 1. The zero-order valence-electron chi connectivity index (χ0n) is 9.69. The summed E-state index contributed by atoms with van der Waals surface area (Å²) in [6.07, 6.45) is 7.14. The standard InChI is InChI=1S/C13H20N2O/c14-9-5-2-1-3-8-13(16)11-12-7-4-6-10-15-12/h4,6-7,10H,1-3,5,8-9,11,14H2. The van der Waals surface area contributed by atoms with Gasteiger partial charge in [-0.25, -0.2) is 0 Å². The first-order valence-electron chi connectivity index (χ1n) is 5.94. The Morgan fingerprint density at radius 3 is 2.69 bits per heavy atom. The van der Waals surface area contributed by atoms with Gasteiger partial charge in [-0.2, -0.15) is 0 Å². The van der Waals surface area contributed by atoms with Gasteiger partial charge in [0.2, 0.25) is 0 Å². The third-order valence-corrected chi connectivity index (χ3v) is 2.51. The molecule has 3 heteroatoms. The minimum Gasteiger partial charge on any atom is -0.330 e. The highest BCUT2D eigenvalue weighted by molar-refractivity contribution is 5.80. The molecular formula is C13H20N2O. The number of aromatic nitrogens is 1. The lowest BCUT2D eigenvalue weighted by atomic mass is 10.1. The van der Waals surface area contributed by atoms with E-state index in [0.717, 1.165) is 37.9 Å². The fraction of sp³-hybridized carbons (Fsp3) is 0.538. The number of nitrogens with two attached hydrogens (primary N) is 1. The minimum absolute atomic E-state index is 0.284. The Morgan fingerprint density at radius 2 is 2.00 bits per heavy atom. The zero-order chi connectivity index (χ0) is 11.6. The van der Waals surface area contributed by atoms with E-state index in [1.165, 1.54) is 0 Å². The Labute approximate surface area is 97.1 Å². The molecule has 0 unspecified atom stereocenters. The lowest BCUT2D eigenvalue weighted by Gasteiger charge is -2.00. The van der Waals surface area contributed by atoms with Crippen molar-refractivity contribution in [2.45, 2.75) is 38.5 Å². The molecule has 0 saturated carbocycles. The van der Waals surface area contributed by atoms with Gasteiger partial charge in [-0.1, -0.05) is 18.9 Å². The third-order valence-electron chi connectivity index (χ3n) is 2.51. The van der Waals surface area contributed by atoms with Crippen molar-refractivity contribution in [2.24, 2.45) is 5.73 Å². The fourth-order valence-corrected chi connectivity index (χ4v) is 1.61. The first kappa shape index (κ1) is 12.8. The summed E-state index contributed by atoms with van der Waals surface area (Å²) < 4.78 is 0. The Kier molecular flexibility index (Phi) is 6.42. The maximum atomic E-state index is 11.6. The Morgan fingerprint density at radius 1 is 1.19 bits per heavy atom. The predicted octanol–water partition coefficient (Wildman–Crippen LogP) is 2.10. The SMILES string of the molecule is NCCCCCCC(=O)Cc1ccccn1. The number of rotatable bonds is 8. The molecule has 0 saturated heterocycles. The van der Waals surface area contributed by atoms with Crippen LogP contribution in [0.1, 0.15) is 37.8 Å². The number of Topliss-reactive ketones (excluding diaryl/α,β-unsaturated/α-hetero) is 1. The molecule has 0 amide bonds. The van der Waals surface area contributed by atoms with E-state index in [0.29, 0.717) is 12.8 Å². The van der Waals surface area contributed by atoms with Crippen molar-refractivity contribution in [1.29, 1.82) is 0 Å². The molecule has 0 fully saturated rings. The van der Waals surface area contributed by atoms with E-state index in [2.05, 4.69) is 4.98 Å². The van der Waals surface area contributed by atoms with Crippen LogP contribution in [0.3, 0.4) is 0 Å². The summed E-state index contributed by atoms with van der Waals surface area (Å²) in [5.41, 5.74) is 6.27. The van der Waals surface area contributed by atoms with Gasteiger partial charge in [0.15, 0.2) is 0 Å². The Hall–Kier alpha value is -1.22. The van der Waals surface area contributed by atoms with Gasteiger partial charge in [-0.15, -0.1) is 0 Å². The second-order valence-corrected chi connectivity index (χ2v) is 3.99. The highest BCUT2D eigenvalue weighted by Gasteiger charge is 2.03. The summed E-state index contributed by atoms with van der Waals surface area (Å²) in [4.78, 5) is 15.7. The lowest BCUT2D eigenvalue weighted by Crippen LogP contribution is -2.04. The summed E-state index contributed by atoms with van der Waals surface area (Å²) in [5, 5.41) is 0. The molecule has 3 nitrogen and oxygen atoms in total. The molecular weight excluding hydrogens is 200 g/mol. The van der Waals surface area contributed by atoms with E-state index in [4.69, 9.17) is 5.73 Å². The summed E-state index contributed by atoms with van der Waals surface area (Å²) in [7, 11) is 0. The second-order valence-electron chi connectivity index (χ2n) is 3.99. The van der Waals surface area contributed by atoms with E-state index < -0.39 is 0 Å². The van der Waals surface area contributed by atoms with E-state index in [1.807, 2.05) is 18.2 Å². The monoisotopic (exact) mass is 220 g/mol. The molecule has 0 aliphatic rings. The van der Waals surface area contributed by atoms with Crippen molar-refractivity contribution in [3.63, 3.8) is 0 Å². The molecule has 1 aromatic rings. The highest BCUT2D eigenvalue weighted by atomic mass is 16.1. The molecule has 1 heterocycles. The molecule has 0 radical (unpaired) electrons. The molecule has 2 N–H and O–H groups in total. The second kappa shape index (κ2) is 7.99. The highest BCUT2D eigenvalue weighted by Crippen LogP contribution is 2.05. The van der Waals surface area contributed by atoms with Gasteiger partial charge in [0.25, 0.3) is 0 Å². The molecule has 16 heavy (non-hydrogen) atoms. The largest absolute Gasteiger partial charge is 0.330 e. The van der Waals surface area contributed by atoms with Crippen LogP contribution in [0.15, 0.2) is 24.4 Å². The third kappa shape index (κ3) is 5.61. The number of carbonyl (C=O) groups excluding carboxylic acids is 1. The van der Waals surface area contributed by atoms with E-state index in [1.54, 1.807) is 6.20 Å². The average Bonchev–Trinajstić information content (AvgIpc) is 2.30. The van der Waals surface area contributed by atoms with Crippen molar-refractivity contribution >= 4 is 5.78 Å². The molecule has 0 aliphatic heterocycles. The van der Waals surface area contributed by atoms with Gasteiger partial charge in [-0.05, 0) is 31.5 Å². The van der Waals surface area contributed by atoms with Gasteiger partial charge in [-0.3, -0.25) is 9.78 Å². The molecule has 0 aliphatic carbocycles. The van der Waals surface area contributed by atoms with Gasteiger partial charge in [0.05, 0.1) is 0 Å². The van der Waals surface area contributed by atoms with Gasteiger partial charge >= 0.3 is 0 Å². The van der Waals surface area contributed by atoms with Crippen LogP contribution in [0.2, 0.25) is 0 Å². The van der Waals surface area contributed by atoms with Crippen LogP contribution in [0.25, 0.3) is 0 Å². The smallest absolute Gasteiger partial charge is 0.138 e. The predicted molar refractivity (Wildman–Crippen MR) is 65.1 cm³/mol. The number of carbonyl (C=O) groups is 1. The van der Waals surface area contributed by atoms with Crippen LogP contribution in [0.4, 0.5) is 0 Å². The summed E-state index contributed by atoms with van der Waals surface area (Å²) in [6, 6.07) is 5.67. The summed E-state index contributed by atoms with van der Waals surface area (Å²) in [5.74, 6) is 0.284. The Balaban J connectivity index is 2.12. The number of hydrogen-bond donors (Lipinski definition) is 1. The molecule has 0 atom stereocenters. The molecule has 0 spiro atoms. The minimum atomic E-state index is 0.284. The maximum absolute atomic E-state index is 11.6. The van der Waals surface area contributed by atoms with E-state index >= 15 is 0 Å². The van der Waals surface area contributed by atoms with Crippen LogP contribution in [-0.4, -0.2) is 17.3 Å². The number of hydrogen-bond acceptors (Lipinski definition) is 3. The van der Waals surface area contributed by atoms with Crippen LogP contribution < -0.4 is 5.73 Å².